The quantitative estimate of drug-likeness (QED) is 0.117. The van der Waals surface area contributed by atoms with Crippen LogP contribution in [0.5, 0.6) is 0 Å². The average Bonchev–Trinajstić information content (AvgIpc) is 3.23. The number of aromatic nitrogens is 1. The van der Waals surface area contributed by atoms with Crippen molar-refractivity contribution < 1.29 is 30.0 Å². The summed E-state index contributed by atoms with van der Waals surface area (Å²) in [6, 6.07) is 33.3. The number of hydrogen-bond acceptors (Lipinski definition) is 4. The maximum absolute atomic E-state index is 10.0. The topological polar surface area (TPSA) is 50.2 Å². The molecule has 0 aliphatic heterocycles. The number of pyridine rings is 1. The minimum absolute atomic E-state index is 0. The number of fused-ring (bicyclic) bond motifs is 1. The number of benzene rings is 3. The molecule has 189 valence electrons. The summed E-state index contributed by atoms with van der Waals surface area (Å²) in [6.45, 7) is 7.06. The molecular weight excluding hydrogens is 655 g/mol. The van der Waals surface area contributed by atoms with Gasteiger partial charge >= 0.3 is 0 Å². The van der Waals surface area contributed by atoms with E-state index in [4.69, 9.17) is 10.1 Å². The summed E-state index contributed by atoms with van der Waals surface area (Å²) >= 11 is 1.81. The fraction of sp³-hybridized carbons (Fsp3) is 0.125. The van der Waals surface area contributed by atoms with E-state index in [0.29, 0.717) is 0 Å². The van der Waals surface area contributed by atoms with Gasteiger partial charge in [-0.15, -0.1) is 46.2 Å². The van der Waals surface area contributed by atoms with Crippen LogP contribution in [0.3, 0.4) is 0 Å². The number of aryl methyl sites for hydroxylation is 2. The Bertz CT molecular complexity index is 1520. The number of aliphatic hydroxyl groups excluding tert-OH is 1. The Hall–Kier alpha value is -3.37. The number of nitrogens with zero attached hydrogens (tertiary/aromatic N) is 1. The summed E-state index contributed by atoms with van der Waals surface area (Å²) in [5.74, 6) is -0.0625. The molecule has 0 aliphatic rings. The minimum Gasteiger partial charge on any atom is -0.512 e. The summed E-state index contributed by atoms with van der Waals surface area (Å²) in [6.07, 6.45) is 1.17. The van der Waals surface area contributed by atoms with Crippen LogP contribution in [0.4, 0.5) is 0 Å². The Morgan fingerprint density at radius 3 is 2.05 bits per heavy atom. The fourth-order valence-corrected chi connectivity index (χ4v) is 5.29. The van der Waals surface area contributed by atoms with E-state index in [1.807, 2.05) is 11.3 Å². The van der Waals surface area contributed by atoms with Crippen LogP contribution in [-0.2, 0) is 24.9 Å². The summed E-state index contributed by atoms with van der Waals surface area (Å²) < 4.78 is 1.20. The molecule has 0 saturated heterocycles. The van der Waals surface area contributed by atoms with Crippen LogP contribution in [0.2, 0.25) is 0 Å². The van der Waals surface area contributed by atoms with Gasteiger partial charge in [-0.05, 0) is 36.7 Å². The molecule has 37 heavy (non-hydrogen) atoms. The van der Waals surface area contributed by atoms with Gasteiger partial charge in [-0.25, -0.2) is 0 Å². The van der Waals surface area contributed by atoms with Gasteiger partial charge in [0, 0.05) is 36.6 Å². The van der Waals surface area contributed by atoms with Crippen LogP contribution < -0.4 is 0 Å². The van der Waals surface area contributed by atoms with E-state index in [-0.39, 0.29) is 31.6 Å². The Balaban J connectivity index is 0.000000422. The Morgan fingerprint density at radius 1 is 0.892 bits per heavy atom. The van der Waals surface area contributed by atoms with Gasteiger partial charge in [0.2, 0.25) is 0 Å². The number of carbonyl (C=O) groups excluding carboxylic acids is 1. The van der Waals surface area contributed by atoms with Crippen molar-refractivity contribution in [2.24, 2.45) is 0 Å². The van der Waals surface area contributed by atoms with Crippen LogP contribution in [-0.4, -0.2) is 15.9 Å². The van der Waals surface area contributed by atoms with Crippen LogP contribution >= 0.6 is 11.3 Å². The van der Waals surface area contributed by atoms with Gasteiger partial charge in [-0.2, -0.15) is 0 Å². The Labute approximate surface area is 235 Å². The maximum Gasteiger partial charge on any atom is 0.155 e. The predicted molar refractivity (Wildman–Crippen MR) is 151 cm³/mol. The molecule has 0 unspecified atom stereocenters. The van der Waals surface area contributed by atoms with Crippen LogP contribution in [0.1, 0.15) is 25.0 Å². The van der Waals surface area contributed by atoms with Gasteiger partial charge in [0.15, 0.2) is 5.78 Å². The summed E-state index contributed by atoms with van der Waals surface area (Å²) in [4.78, 5) is 16.4. The average molecular weight is 683 g/mol. The molecule has 2 aromatic heterocycles. The molecule has 3 nitrogen and oxygen atoms in total. The summed E-state index contributed by atoms with van der Waals surface area (Å²) in [5.41, 5.74) is 9.10. The number of rotatable bonds is 4. The van der Waals surface area contributed by atoms with Gasteiger partial charge in [0.25, 0.3) is 0 Å². The van der Waals surface area contributed by atoms with E-state index >= 15 is 0 Å². The van der Waals surface area contributed by atoms with Crippen molar-refractivity contribution in [3.8, 4) is 32.8 Å². The molecule has 5 rings (SSSR count). The van der Waals surface area contributed by atoms with Crippen molar-refractivity contribution in [1.29, 1.82) is 0 Å². The third kappa shape index (κ3) is 7.11. The van der Waals surface area contributed by atoms with E-state index in [1.54, 1.807) is 0 Å². The smallest absolute Gasteiger partial charge is 0.155 e. The molecule has 1 N–H and O–H groups in total. The molecule has 0 aliphatic carbocycles. The first-order valence-electron chi connectivity index (χ1n) is 11.7. The zero-order chi connectivity index (χ0) is 25.7. The summed E-state index contributed by atoms with van der Waals surface area (Å²) in [7, 11) is 0. The standard InChI is InChI=1S/C27H20NS.C5H8O2.Ir/c1-18-15-19(2)17-22(16-18)23-13-14-24-26(28-23)25(20-9-5-3-6-10-20)27(29-24)21-11-7-4-8-12-21;1-4(6)3-5(2)7;/h3-16H,1-2H3;3,6H,1-2H3;/q-1;;/b;4-3-;. The second-order valence-corrected chi connectivity index (χ2v) is 9.78. The normalized spacial score (nSPS) is 10.9. The van der Waals surface area contributed by atoms with Gasteiger partial charge in [-0.1, -0.05) is 80.6 Å². The predicted octanol–water partition coefficient (Wildman–Crippen LogP) is 8.75. The molecule has 0 bridgehead atoms. The van der Waals surface area contributed by atoms with Gasteiger partial charge < -0.3 is 5.11 Å². The molecule has 0 amide bonds. The van der Waals surface area contributed by atoms with Crippen molar-refractivity contribution >= 4 is 27.3 Å². The molecule has 0 fully saturated rings. The van der Waals surface area contributed by atoms with E-state index in [1.165, 1.54) is 51.8 Å². The number of ketones is 1. The molecular formula is C32H28IrNO2S-. The molecule has 0 atom stereocenters. The van der Waals surface area contributed by atoms with Crippen molar-refractivity contribution in [3.05, 3.63) is 114 Å². The second kappa shape index (κ2) is 12.7. The fourth-order valence-electron chi connectivity index (χ4n) is 4.12. The number of carbonyl (C=O) groups is 1. The third-order valence-electron chi connectivity index (χ3n) is 5.47. The zero-order valence-corrected chi connectivity index (χ0v) is 24.4. The number of aliphatic hydroxyl groups is 1. The van der Waals surface area contributed by atoms with Crippen molar-refractivity contribution in [3.63, 3.8) is 0 Å². The van der Waals surface area contributed by atoms with E-state index in [2.05, 4.69) is 105 Å². The molecule has 0 spiro atoms. The number of allylic oxidation sites excluding steroid dienone is 2. The van der Waals surface area contributed by atoms with Gasteiger partial charge in [0.1, 0.15) is 0 Å². The molecule has 2 heterocycles. The third-order valence-corrected chi connectivity index (χ3v) is 6.66. The Kier molecular flexibility index (Phi) is 9.71. The zero-order valence-electron chi connectivity index (χ0n) is 21.2. The molecule has 5 aromatic rings. The molecule has 5 heteroatoms. The van der Waals surface area contributed by atoms with Crippen molar-refractivity contribution in [2.45, 2.75) is 27.7 Å². The van der Waals surface area contributed by atoms with Crippen molar-refractivity contribution in [1.82, 2.24) is 4.98 Å². The minimum atomic E-state index is -0.125. The molecule has 1 radical (unpaired) electrons. The van der Waals surface area contributed by atoms with Crippen molar-refractivity contribution in [2.75, 3.05) is 0 Å². The first-order chi connectivity index (χ1) is 17.3. The van der Waals surface area contributed by atoms with Crippen LogP contribution in [0, 0.1) is 19.9 Å². The van der Waals surface area contributed by atoms with E-state index in [0.717, 1.165) is 22.3 Å². The van der Waals surface area contributed by atoms with Gasteiger partial charge in [0.05, 0.1) is 16.0 Å². The Morgan fingerprint density at radius 2 is 1.51 bits per heavy atom. The first kappa shape index (κ1) is 28.2. The maximum atomic E-state index is 10.0. The second-order valence-electron chi connectivity index (χ2n) is 8.73. The molecule has 0 saturated carbocycles. The largest absolute Gasteiger partial charge is 0.512 e. The van der Waals surface area contributed by atoms with E-state index < -0.39 is 0 Å². The SMILES string of the molecule is CC(=O)/C=C(/C)O.Cc1[c-]c(-c2ccc3sc(-c4ccccc4)c(-c4ccccc4)c3n2)cc(C)c1.[Ir]. The summed E-state index contributed by atoms with van der Waals surface area (Å²) in [5, 5.41) is 8.36. The van der Waals surface area contributed by atoms with Gasteiger partial charge in [-0.3, -0.25) is 9.78 Å². The number of hydrogen-bond donors (Lipinski definition) is 1. The first-order valence-corrected chi connectivity index (χ1v) is 12.6. The van der Waals surface area contributed by atoms with E-state index in [9.17, 15) is 4.79 Å². The van der Waals surface area contributed by atoms with Crippen LogP contribution in [0.15, 0.2) is 96.8 Å². The monoisotopic (exact) mass is 683 g/mol. The number of thiophene rings is 1. The molecule has 3 aromatic carbocycles. The van der Waals surface area contributed by atoms with Crippen LogP contribution in [0.25, 0.3) is 43.0 Å².